The van der Waals surface area contributed by atoms with E-state index in [1.54, 1.807) is 36.4 Å². The van der Waals surface area contributed by atoms with Crippen molar-refractivity contribution in [3.63, 3.8) is 0 Å². The van der Waals surface area contributed by atoms with Gasteiger partial charge in [0.25, 0.3) is 5.91 Å². The Bertz CT molecular complexity index is 1530. The molecule has 0 bridgehead atoms. The van der Waals surface area contributed by atoms with Gasteiger partial charge in [0, 0.05) is 24.1 Å². The fraction of sp³-hybridized carbons (Fsp3) is 0.297. The molecule has 4 aromatic rings. The maximum Gasteiger partial charge on any atom is 0.573 e. The number of alkyl halides is 3. The Morgan fingerprint density at radius 1 is 0.739 bits per heavy atom. The summed E-state index contributed by atoms with van der Waals surface area (Å²) in [7, 11) is 0. The summed E-state index contributed by atoms with van der Waals surface area (Å²) in [5, 5.41) is 12.8. The number of unbranched alkanes of at least 4 members (excludes halogenated alkanes) is 5. The van der Waals surface area contributed by atoms with Gasteiger partial charge in [0.05, 0.1) is 0 Å². The number of halogens is 3. The number of carbonyl (C=O) groups excluding carboxylic acids is 1. The van der Waals surface area contributed by atoms with Gasteiger partial charge in [-0.15, -0.1) is 13.2 Å². The smallest absolute Gasteiger partial charge is 0.478 e. The van der Waals surface area contributed by atoms with Crippen LogP contribution in [0.25, 0.3) is 11.1 Å². The number of carbonyl (C=O) groups is 2. The molecule has 1 atom stereocenters. The lowest BCUT2D eigenvalue weighted by atomic mass is 10.0. The first-order valence-electron chi connectivity index (χ1n) is 15.4. The third-order valence-electron chi connectivity index (χ3n) is 7.47. The van der Waals surface area contributed by atoms with E-state index in [1.807, 2.05) is 12.1 Å². The lowest BCUT2D eigenvalue weighted by Crippen LogP contribution is -2.29. The molecular formula is C37H38F3NO5. The van der Waals surface area contributed by atoms with Crippen LogP contribution in [0.2, 0.25) is 0 Å². The van der Waals surface area contributed by atoms with Gasteiger partial charge in [-0.2, -0.15) is 0 Å². The molecule has 0 spiro atoms. The second-order valence-electron chi connectivity index (χ2n) is 11.0. The van der Waals surface area contributed by atoms with E-state index in [4.69, 9.17) is 4.74 Å². The summed E-state index contributed by atoms with van der Waals surface area (Å²) < 4.78 is 48.0. The molecule has 0 fully saturated rings. The second-order valence-corrected chi connectivity index (χ2v) is 11.0. The summed E-state index contributed by atoms with van der Waals surface area (Å²) in [5.41, 5.74) is 3.22. The number of rotatable bonds is 17. The van der Waals surface area contributed by atoms with Gasteiger partial charge in [-0.25, -0.2) is 4.79 Å². The summed E-state index contributed by atoms with van der Waals surface area (Å²) in [6, 6.07) is 29.1. The molecule has 0 saturated carbocycles. The third kappa shape index (κ3) is 11.3. The van der Waals surface area contributed by atoms with Crippen molar-refractivity contribution in [1.29, 1.82) is 0 Å². The molecular weight excluding hydrogens is 595 g/mol. The van der Waals surface area contributed by atoms with Gasteiger partial charge in [-0.3, -0.25) is 4.79 Å². The highest BCUT2D eigenvalue weighted by Gasteiger charge is 2.31. The van der Waals surface area contributed by atoms with Gasteiger partial charge in [-0.1, -0.05) is 98.5 Å². The Morgan fingerprint density at radius 3 is 1.98 bits per heavy atom. The molecule has 242 valence electrons. The number of amides is 1. The molecule has 0 heterocycles. The van der Waals surface area contributed by atoms with Crippen LogP contribution in [0.4, 0.5) is 13.2 Å². The van der Waals surface area contributed by atoms with E-state index in [0.717, 1.165) is 62.6 Å². The molecule has 1 amide bonds. The van der Waals surface area contributed by atoms with Crippen LogP contribution in [0, 0.1) is 0 Å². The molecule has 0 aliphatic carbocycles. The minimum absolute atomic E-state index is 0.0865. The van der Waals surface area contributed by atoms with Crippen molar-refractivity contribution < 1.29 is 37.3 Å². The number of ether oxygens (including phenoxy) is 2. The standard InChI is InChI=1S/C37H38F3NO5/c38-37(39,40)46-31-21-18-29(19-22-31)32-26-30(20-23-33(32)45-34(36(43)44)25-28-16-10-6-11-17-28)35(42)41-24-12-4-2-1-3-7-13-27-14-8-5-9-15-27/h5-6,8-11,14-23,26,34H,1-4,7,12-13,24-25H2,(H,41,42)(H,43,44). The van der Waals surface area contributed by atoms with Crippen molar-refractivity contribution >= 4 is 11.9 Å². The Balaban J connectivity index is 1.38. The zero-order valence-corrected chi connectivity index (χ0v) is 25.5. The van der Waals surface area contributed by atoms with E-state index in [-0.39, 0.29) is 18.1 Å². The fourth-order valence-electron chi connectivity index (χ4n) is 5.11. The molecule has 0 radical (unpaired) electrons. The van der Waals surface area contributed by atoms with Crippen LogP contribution < -0.4 is 14.8 Å². The number of aryl methyl sites for hydroxylation is 1. The van der Waals surface area contributed by atoms with E-state index >= 15 is 0 Å². The average molecular weight is 634 g/mol. The van der Waals surface area contributed by atoms with Crippen LogP contribution >= 0.6 is 0 Å². The number of hydrogen-bond acceptors (Lipinski definition) is 4. The first-order chi connectivity index (χ1) is 22.2. The highest BCUT2D eigenvalue weighted by atomic mass is 19.4. The molecule has 6 nitrogen and oxygen atoms in total. The Labute approximate surface area is 267 Å². The topological polar surface area (TPSA) is 84.9 Å². The van der Waals surface area contributed by atoms with Gasteiger partial charge in [0.2, 0.25) is 0 Å². The lowest BCUT2D eigenvalue weighted by Gasteiger charge is -2.19. The molecule has 1 unspecified atom stereocenters. The maximum absolute atomic E-state index is 13.0. The Morgan fingerprint density at radius 2 is 1.35 bits per heavy atom. The number of nitrogens with one attached hydrogen (secondary N) is 1. The van der Waals surface area contributed by atoms with Gasteiger partial charge >= 0.3 is 12.3 Å². The van der Waals surface area contributed by atoms with E-state index < -0.39 is 24.2 Å². The summed E-state index contributed by atoms with van der Waals surface area (Å²) in [5.74, 6) is -1.72. The number of aliphatic carboxylic acids is 1. The molecule has 4 rings (SSSR count). The monoisotopic (exact) mass is 633 g/mol. The van der Waals surface area contributed by atoms with Crippen molar-refractivity contribution in [1.82, 2.24) is 5.32 Å². The van der Waals surface area contributed by atoms with Gasteiger partial charge in [-0.05, 0) is 66.3 Å². The SMILES string of the molecule is O=C(NCCCCCCCCc1ccccc1)c1ccc(OC(Cc2ccccc2)C(=O)O)c(-c2ccc(OC(F)(F)F)cc2)c1. The molecule has 2 N–H and O–H groups in total. The van der Waals surface area contributed by atoms with Gasteiger partial charge in [0.15, 0.2) is 6.10 Å². The molecule has 0 aromatic heterocycles. The van der Waals surface area contributed by atoms with Crippen LogP contribution in [-0.4, -0.2) is 36.0 Å². The van der Waals surface area contributed by atoms with Crippen molar-refractivity contribution in [2.75, 3.05) is 6.54 Å². The van der Waals surface area contributed by atoms with Crippen molar-refractivity contribution in [2.45, 2.75) is 63.8 Å². The largest absolute Gasteiger partial charge is 0.573 e. The minimum atomic E-state index is -4.84. The minimum Gasteiger partial charge on any atom is -0.478 e. The lowest BCUT2D eigenvalue weighted by molar-refractivity contribution is -0.274. The van der Waals surface area contributed by atoms with Crippen molar-refractivity contribution in [2.24, 2.45) is 0 Å². The van der Waals surface area contributed by atoms with Crippen molar-refractivity contribution in [3.05, 3.63) is 120 Å². The highest BCUT2D eigenvalue weighted by Crippen LogP contribution is 2.34. The van der Waals surface area contributed by atoms with Crippen LogP contribution in [0.15, 0.2) is 103 Å². The van der Waals surface area contributed by atoms with Crippen LogP contribution in [0.5, 0.6) is 11.5 Å². The first kappa shape index (κ1) is 34.1. The zero-order valence-electron chi connectivity index (χ0n) is 25.5. The normalized spacial score (nSPS) is 11.9. The predicted molar refractivity (Wildman–Crippen MR) is 171 cm³/mol. The number of benzene rings is 4. The Kier molecular flexibility index (Phi) is 12.6. The first-order valence-corrected chi connectivity index (χ1v) is 15.4. The summed E-state index contributed by atoms with van der Waals surface area (Å²) in [6.45, 7) is 0.498. The maximum atomic E-state index is 13.0. The van der Waals surface area contributed by atoms with Gasteiger partial charge < -0.3 is 19.9 Å². The van der Waals surface area contributed by atoms with E-state index in [1.165, 1.54) is 23.8 Å². The van der Waals surface area contributed by atoms with E-state index in [2.05, 4.69) is 34.3 Å². The fourth-order valence-corrected chi connectivity index (χ4v) is 5.11. The molecule has 0 aliphatic heterocycles. The van der Waals surface area contributed by atoms with Gasteiger partial charge in [0.1, 0.15) is 11.5 Å². The quantitative estimate of drug-likeness (QED) is 0.114. The van der Waals surface area contributed by atoms with E-state index in [0.29, 0.717) is 23.2 Å². The van der Waals surface area contributed by atoms with Crippen LogP contribution in [0.1, 0.15) is 60.0 Å². The molecule has 0 saturated heterocycles. The number of hydrogen-bond donors (Lipinski definition) is 2. The van der Waals surface area contributed by atoms with Crippen LogP contribution in [-0.2, 0) is 17.6 Å². The van der Waals surface area contributed by atoms with E-state index in [9.17, 15) is 27.9 Å². The molecule has 4 aromatic carbocycles. The second kappa shape index (κ2) is 17.1. The third-order valence-corrected chi connectivity index (χ3v) is 7.47. The molecule has 46 heavy (non-hydrogen) atoms. The average Bonchev–Trinajstić information content (AvgIpc) is 3.04. The number of carboxylic acids is 1. The highest BCUT2D eigenvalue weighted by molar-refractivity contribution is 5.96. The summed E-state index contributed by atoms with van der Waals surface area (Å²) >= 11 is 0. The Hall–Kier alpha value is -4.79. The summed E-state index contributed by atoms with van der Waals surface area (Å²) in [4.78, 5) is 25.1. The molecule has 9 heteroatoms. The van der Waals surface area contributed by atoms with Crippen molar-refractivity contribution in [3.8, 4) is 22.6 Å². The number of carboxylic acid groups (broad SMARTS) is 1. The zero-order chi connectivity index (χ0) is 32.8. The summed E-state index contributed by atoms with van der Waals surface area (Å²) in [6.07, 6.45) is 1.45. The molecule has 0 aliphatic rings. The van der Waals surface area contributed by atoms with Crippen LogP contribution in [0.3, 0.4) is 0 Å². The predicted octanol–water partition coefficient (Wildman–Crippen LogP) is 8.64.